The van der Waals surface area contributed by atoms with Gasteiger partial charge in [0.2, 0.25) is 10.0 Å². The van der Waals surface area contributed by atoms with Crippen molar-refractivity contribution in [2.45, 2.75) is 17.5 Å². The number of rotatable bonds is 7. The van der Waals surface area contributed by atoms with Gasteiger partial charge < -0.3 is 9.88 Å². The SMILES string of the molecule is NS(=O)(=O)c1ccc(CCNc2ncnc3c2c(-c2ccccc2)cn3-c2cccc(C(F)(F)F)c2)cc1. The highest BCUT2D eigenvalue weighted by Crippen LogP contribution is 2.36. The Labute approximate surface area is 216 Å². The summed E-state index contributed by atoms with van der Waals surface area (Å²) in [6.07, 6.45) is -0.785. The Morgan fingerprint density at radius 1 is 0.921 bits per heavy atom. The predicted molar refractivity (Wildman–Crippen MR) is 139 cm³/mol. The Balaban J connectivity index is 1.52. The standard InChI is InChI=1S/C27H22F3N5O2S/c28-27(29,30)20-7-4-8-21(15-20)35-16-23(19-5-2-1-3-6-19)24-25(33-17-34-26(24)35)32-14-13-18-9-11-22(12-10-18)38(31,36)37/h1-12,15-17H,13-14H2,(H2,31,36,37)(H,32,33,34). The molecule has 0 bridgehead atoms. The average molecular weight is 538 g/mol. The van der Waals surface area contributed by atoms with Crippen LogP contribution in [0.1, 0.15) is 11.1 Å². The van der Waals surface area contributed by atoms with Gasteiger partial charge in [0.15, 0.2) is 5.65 Å². The van der Waals surface area contributed by atoms with Gasteiger partial charge in [0.25, 0.3) is 0 Å². The van der Waals surface area contributed by atoms with Crippen LogP contribution in [0.3, 0.4) is 0 Å². The van der Waals surface area contributed by atoms with Crippen LogP contribution in [0.25, 0.3) is 27.8 Å². The van der Waals surface area contributed by atoms with E-state index in [4.69, 9.17) is 5.14 Å². The molecule has 0 fully saturated rings. The highest BCUT2D eigenvalue weighted by atomic mass is 32.2. The zero-order valence-corrected chi connectivity index (χ0v) is 20.7. The number of nitrogens with one attached hydrogen (secondary N) is 1. The number of nitrogens with two attached hydrogens (primary N) is 1. The molecule has 0 aliphatic heterocycles. The van der Waals surface area contributed by atoms with Crippen molar-refractivity contribution in [1.29, 1.82) is 0 Å². The summed E-state index contributed by atoms with van der Waals surface area (Å²) in [5, 5.41) is 9.13. The maximum absolute atomic E-state index is 13.4. The molecule has 0 amide bonds. The van der Waals surface area contributed by atoms with Crippen molar-refractivity contribution in [3.05, 3.63) is 103 Å². The lowest BCUT2D eigenvalue weighted by Crippen LogP contribution is -2.12. The topological polar surface area (TPSA) is 103 Å². The molecule has 3 aromatic carbocycles. The lowest BCUT2D eigenvalue weighted by molar-refractivity contribution is -0.137. The van der Waals surface area contributed by atoms with Crippen molar-refractivity contribution >= 4 is 26.9 Å². The van der Waals surface area contributed by atoms with Gasteiger partial charge in [-0.3, -0.25) is 0 Å². The summed E-state index contributed by atoms with van der Waals surface area (Å²) in [6.45, 7) is 0.462. The normalized spacial score (nSPS) is 12.1. The monoisotopic (exact) mass is 537 g/mol. The Bertz CT molecular complexity index is 1700. The molecule has 2 heterocycles. The lowest BCUT2D eigenvalue weighted by atomic mass is 10.1. The summed E-state index contributed by atoms with van der Waals surface area (Å²) in [5.74, 6) is 0.528. The molecule has 5 rings (SSSR count). The first-order chi connectivity index (χ1) is 18.1. The predicted octanol–water partition coefficient (Wildman–Crippen LogP) is 5.41. The molecule has 5 aromatic rings. The number of nitrogens with zero attached hydrogens (tertiary/aromatic N) is 3. The average Bonchev–Trinajstić information content (AvgIpc) is 3.29. The van der Waals surface area contributed by atoms with Gasteiger partial charge in [0, 0.05) is 24.0 Å². The maximum Gasteiger partial charge on any atom is 0.416 e. The zero-order valence-electron chi connectivity index (χ0n) is 19.9. The molecule has 7 nitrogen and oxygen atoms in total. The van der Waals surface area contributed by atoms with Crippen molar-refractivity contribution in [3.8, 4) is 16.8 Å². The molecule has 0 unspecified atom stereocenters. The fraction of sp³-hybridized carbons (Fsp3) is 0.111. The second-order valence-corrected chi connectivity index (χ2v) is 10.2. The second kappa shape index (κ2) is 9.92. The van der Waals surface area contributed by atoms with E-state index >= 15 is 0 Å². The minimum Gasteiger partial charge on any atom is -0.369 e. The molecule has 11 heteroatoms. The Hall–Kier alpha value is -4.22. The van der Waals surface area contributed by atoms with Gasteiger partial charge in [0.05, 0.1) is 15.8 Å². The first-order valence-corrected chi connectivity index (χ1v) is 13.1. The minimum absolute atomic E-state index is 0.0372. The number of hydrogen-bond acceptors (Lipinski definition) is 5. The van der Waals surface area contributed by atoms with E-state index in [0.717, 1.165) is 28.8 Å². The van der Waals surface area contributed by atoms with E-state index < -0.39 is 21.8 Å². The van der Waals surface area contributed by atoms with Crippen molar-refractivity contribution < 1.29 is 21.6 Å². The number of benzene rings is 3. The van der Waals surface area contributed by atoms with Gasteiger partial charge in [-0.15, -0.1) is 0 Å². The van der Waals surface area contributed by atoms with Crippen molar-refractivity contribution in [2.24, 2.45) is 5.14 Å². The lowest BCUT2D eigenvalue weighted by Gasteiger charge is -2.11. The van der Waals surface area contributed by atoms with Crippen LogP contribution in [0, 0.1) is 0 Å². The van der Waals surface area contributed by atoms with E-state index in [2.05, 4.69) is 15.3 Å². The van der Waals surface area contributed by atoms with Crippen LogP contribution in [0.5, 0.6) is 0 Å². The first-order valence-electron chi connectivity index (χ1n) is 11.6. The summed E-state index contributed by atoms with van der Waals surface area (Å²) in [5.41, 5.74) is 2.54. The Morgan fingerprint density at radius 2 is 1.66 bits per heavy atom. The smallest absolute Gasteiger partial charge is 0.369 e. The van der Waals surface area contributed by atoms with E-state index in [-0.39, 0.29) is 4.90 Å². The Kier molecular flexibility index (Phi) is 6.64. The first kappa shape index (κ1) is 25.4. The fourth-order valence-electron chi connectivity index (χ4n) is 4.23. The van der Waals surface area contributed by atoms with Gasteiger partial charge in [-0.05, 0) is 47.9 Å². The minimum atomic E-state index is -4.48. The molecule has 0 atom stereocenters. The third-order valence-corrected chi connectivity index (χ3v) is 7.01. The number of primary sulfonamides is 1. The van der Waals surface area contributed by atoms with Crippen molar-refractivity contribution in [3.63, 3.8) is 0 Å². The summed E-state index contributed by atoms with van der Waals surface area (Å²) in [7, 11) is -3.77. The molecule has 194 valence electrons. The second-order valence-electron chi connectivity index (χ2n) is 8.61. The molecule has 0 aliphatic carbocycles. The number of aromatic nitrogens is 3. The summed E-state index contributed by atoms with van der Waals surface area (Å²) >= 11 is 0. The molecule has 0 saturated carbocycles. The van der Waals surface area contributed by atoms with Crippen LogP contribution in [-0.2, 0) is 22.6 Å². The molecule has 0 aliphatic rings. The van der Waals surface area contributed by atoms with Crippen LogP contribution < -0.4 is 10.5 Å². The van der Waals surface area contributed by atoms with Gasteiger partial charge in [-0.2, -0.15) is 13.2 Å². The molecular weight excluding hydrogens is 515 g/mol. The van der Waals surface area contributed by atoms with E-state index in [1.807, 2.05) is 30.3 Å². The molecule has 0 saturated heterocycles. The number of alkyl halides is 3. The number of hydrogen-bond donors (Lipinski definition) is 2. The molecule has 0 radical (unpaired) electrons. The van der Waals surface area contributed by atoms with Gasteiger partial charge in [-0.1, -0.05) is 48.5 Å². The fourth-order valence-corrected chi connectivity index (χ4v) is 4.75. The number of anilines is 1. The van der Waals surface area contributed by atoms with Gasteiger partial charge >= 0.3 is 6.18 Å². The third kappa shape index (κ3) is 5.24. The number of sulfonamides is 1. The van der Waals surface area contributed by atoms with Crippen molar-refractivity contribution in [1.82, 2.24) is 14.5 Å². The quantitative estimate of drug-likeness (QED) is 0.289. The van der Waals surface area contributed by atoms with E-state index in [9.17, 15) is 21.6 Å². The largest absolute Gasteiger partial charge is 0.416 e. The number of fused-ring (bicyclic) bond motifs is 1. The highest BCUT2D eigenvalue weighted by Gasteiger charge is 2.30. The maximum atomic E-state index is 13.4. The molecular formula is C27H22F3N5O2S. The van der Waals surface area contributed by atoms with Crippen molar-refractivity contribution in [2.75, 3.05) is 11.9 Å². The molecule has 2 aromatic heterocycles. The van der Waals surface area contributed by atoms with Gasteiger partial charge in [-0.25, -0.2) is 23.5 Å². The van der Waals surface area contributed by atoms with Crippen LogP contribution in [0.2, 0.25) is 0 Å². The Morgan fingerprint density at radius 3 is 2.34 bits per heavy atom. The molecule has 38 heavy (non-hydrogen) atoms. The van der Waals surface area contributed by atoms with E-state index in [0.29, 0.717) is 35.5 Å². The summed E-state index contributed by atoms with van der Waals surface area (Å²) < 4.78 is 64.8. The number of halogens is 3. The van der Waals surface area contributed by atoms with Crippen LogP contribution >= 0.6 is 0 Å². The highest BCUT2D eigenvalue weighted by molar-refractivity contribution is 7.89. The molecule has 0 spiro atoms. The van der Waals surface area contributed by atoms with Crippen LogP contribution in [0.4, 0.5) is 19.0 Å². The summed E-state index contributed by atoms with van der Waals surface area (Å²) in [4.78, 5) is 8.88. The molecule has 3 N–H and O–H groups in total. The van der Waals surface area contributed by atoms with Crippen LogP contribution in [0.15, 0.2) is 96.3 Å². The summed E-state index contributed by atoms with van der Waals surface area (Å²) in [6, 6.07) is 20.8. The van der Waals surface area contributed by atoms with Gasteiger partial charge in [0.1, 0.15) is 12.1 Å². The van der Waals surface area contributed by atoms with E-state index in [1.165, 1.54) is 24.5 Å². The zero-order chi connectivity index (χ0) is 26.9. The van der Waals surface area contributed by atoms with E-state index in [1.54, 1.807) is 29.0 Å². The third-order valence-electron chi connectivity index (χ3n) is 6.08. The van der Waals surface area contributed by atoms with Crippen LogP contribution in [-0.4, -0.2) is 29.5 Å².